The molecular formula is C13H15O5+. The molecule has 0 spiro atoms. The SMILES string of the molecule is COc1ccc(C2CC(=O)CC(=[OH+])O2)cc1OC. The van der Waals surface area contributed by atoms with Gasteiger partial charge in [0.2, 0.25) is 6.10 Å². The fourth-order valence-electron chi connectivity index (χ4n) is 1.93. The second kappa shape index (κ2) is 5.08. The van der Waals surface area contributed by atoms with Crippen LogP contribution in [0.4, 0.5) is 0 Å². The van der Waals surface area contributed by atoms with E-state index in [1.165, 1.54) is 7.11 Å². The lowest BCUT2D eigenvalue weighted by Gasteiger charge is -2.16. The molecule has 1 aromatic rings. The standard InChI is InChI=1S/C13H14O5/c1-16-10-4-3-8(5-12(10)17-2)11-6-9(14)7-13(15)18-11/h3-5,11H,6-7H2,1-2H3/p+1. The zero-order valence-corrected chi connectivity index (χ0v) is 10.3. The highest BCUT2D eigenvalue weighted by atomic mass is 16.5. The maximum Gasteiger partial charge on any atom is 0.490 e. The van der Waals surface area contributed by atoms with E-state index < -0.39 is 6.10 Å². The van der Waals surface area contributed by atoms with Gasteiger partial charge in [-0.05, 0) is 18.2 Å². The summed E-state index contributed by atoms with van der Waals surface area (Å²) in [7, 11) is 3.09. The van der Waals surface area contributed by atoms with Crippen molar-refractivity contribution in [2.24, 2.45) is 0 Å². The maximum atomic E-state index is 11.4. The van der Waals surface area contributed by atoms with Gasteiger partial charge in [0.1, 0.15) is 0 Å². The minimum Gasteiger partial charge on any atom is -0.493 e. The van der Waals surface area contributed by atoms with Crippen LogP contribution in [0.25, 0.3) is 0 Å². The molecule has 0 amide bonds. The van der Waals surface area contributed by atoms with Gasteiger partial charge in [-0.2, -0.15) is 0 Å². The zero-order valence-electron chi connectivity index (χ0n) is 10.3. The number of rotatable bonds is 3. The Labute approximate surface area is 105 Å². The van der Waals surface area contributed by atoms with Gasteiger partial charge in [0.05, 0.1) is 20.6 Å². The molecule has 0 radical (unpaired) electrons. The number of carbonyl (C=O) groups is 1. The molecule has 1 heterocycles. The van der Waals surface area contributed by atoms with Gasteiger partial charge in [0.15, 0.2) is 23.7 Å². The van der Waals surface area contributed by atoms with Crippen molar-refractivity contribution in [1.82, 2.24) is 0 Å². The number of hydrogen-bond donors (Lipinski definition) is 0. The van der Waals surface area contributed by atoms with Crippen molar-refractivity contribution in [3.05, 3.63) is 23.8 Å². The van der Waals surface area contributed by atoms with Crippen molar-refractivity contribution >= 4 is 11.8 Å². The molecule has 1 unspecified atom stereocenters. The van der Waals surface area contributed by atoms with Gasteiger partial charge in [-0.1, -0.05) is 0 Å². The van der Waals surface area contributed by atoms with Gasteiger partial charge in [0, 0.05) is 5.56 Å². The van der Waals surface area contributed by atoms with Crippen molar-refractivity contribution < 1.29 is 23.8 Å². The summed E-state index contributed by atoms with van der Waals surface area (Å²) >= 11 is 0. The highest BCUT2D eigenvalue weighted by Crippen LogP contribution is 2.33. The first kappa shape index (κ1) is 12.4. The fourth-order valence-corrected chi connectivity index (χ4v) is 1.93. The number of benzene rings is 1. The van der Waals surface area contributed by atoms with Gasteiger partial charge in [-0.3, -0.25) is 4.79 Å². The van der Waals surface area contributed by atoms with Crippen molar-refractivity contribution in [3.8, 4) is 11.5 Å². The largest absolute Gasteiger partial charge is 0.493 e. The number of hydrogen-bond acceptors (Lipinski definition) is 4. The van der Waals surface area contributed by atoms with Crippen LogP contribution in [0.3, 0.4) is 0 Å². The van der Waals surface area contributed by atoms with E-state index in [-0.39, 0.29) is 24.6 Å². The molecule has 0 bridgehead atoms. The first-order valence-electron chi connectivity index (χ1n) is 5.59. The number of ether oxygens (including phenoxy) is 3. The Morgan fingerprint density at radius 1 is 1.28 bits per heavy atom. The third kappa shape index (κ3) is 2.45. The molecule has 1 aliphatic heterocycles. The second-order valence-corrected chi connectivity index (χ2v) is 4.03. The average Bonchev–Trinajstić information content (AvgIpc) is 2.36. The summed E-state index contributed by atoms with van der Waals surface area (Å²) < 4.78 is 15.6. The van der Waals surface area contributed by atoms with Crippen LogP contribution in [0.15, 0.2) is 18.2 Å². The molecule has 96 valence electrons. The molecule has 0 aromatic heterocycles. The van der Waals surface area contributed by atoms with Crippen molar-refractivity contribution in [2.75, 3.05) is 14.2 Å². The van der Waals surface area contributed by atoms with Crippen LogP contribution in [0.2, 0.25) is 0 Å². The van der Waals surface area contributed by atoms with E-state index in [0.29, 0.717) is 11.5 Å². The molecule has 5 heteroatoms. The van der Waals surface area contributed by atoms with E-state index >= 15 is 0 Å². The number of cyclic esters (lactones) is 1. The van der Waals surface area contributed by atoms with Crippen LogP contribution in [0.5, 0.6) is 11.5 Å². The minimum atomic E-state index is -0.467. The Morgan fingerprint density at radius 3 is 2.61 bits per heavy atom. The molecule has 1 fully saturated rings. The average molecular weight is 251 g/mol. The van der Waals surface area contributed by atoms with Crippen LogP contribution in [-0.2, 0) is 9.53 Å². The molecule has 18 heavy (non-hydrogen) atoms. The number of esters is 1. The predicted molar refractivity (Wildman–Crippen MR) is 64.6 cm³/mol. The molecule has 0 aliphatic carbocycles. The van der Waals surface area contributed by atoms with Crippen LogP contribution in [0, 0.1) is 0 Å². The van der Waals surface area contributed by atoms with E-state index in [1.54, 1.807) is 25.3 Å². The number of carbonyl (C=O) groups excluding carboxylic acids is 2. The number of Topliss-reactive ketones (excluding diaryl/α,β-unsaturated/α-hetero) is 1. The van der Waals surface area contributed by atoms with Crippen molar-refractivity contribution in [1.29, 1.82) is 0 Å². The third-order valence-electron chi connectivity index (χ3n) is 2.82. The zero-order chi connectivity index (χ0) is 13.1. The smallest absolute Gasteiger partial charge is 0.490 e. The Hall–Kier alpha value is -2.04. The van der Waals surface area contributed by atoms with E-state index in [2.05, 4.69) is 0 Å². The maximum absolute atomic E-state index is 11.4. The Bertz CT molecular complexity index is 464. The summed E-state index contributed by atoms with van der Waals surface area (Å²) in [6.45, 7) is 0. The first-order chi connectivity index (χ1) is 8.63. The lowest BCUT2D eigenvalue weighted by atomic mass is 10.00. The van der Waals surface area contributed by atoms with Gasteiger partial charge >= 0.3 is 5.97 Å². The number of methoxy groups -OCH3 is 2. The van der Waals surface area contributed by atoms with Crippen LogP contribution < -0.4 is 9.47 Å². The van der Waals surface area contributed by atoms with E-state index in [9.17, 15) is 9.59 Å². The van der Waals surface area contributed by atoms with E-state index in [0.717, 1.165) is 5.56 Å². The highest BCUT2D eigenvalue weighted by molar-refractivity contribution is 5.98. The molecule has 1 aliphatic rings. The topological polar surface area (TPSA) is 66.2 Å². The van der Waals surface area contributed by atoms with Gasteiger partial charge in [-0.25, -0.2) is 0 Å². The fraction of sp³-hybridized carbons (Fsp3) is 0.385. The Kier molecular flexibility index (Phi) is 3.50. The van der Waals surface area contributed by atoms with Crippen molar-refractivity contribution in [2.45, 2.75) is 18.9 Å². The van der Waals surface area contributed by atoms with Crippen LogP contribution in [-0.4, -0.2) is 30.8 Å². The summed E-state index contributed by atoms with van der Waals surface area (Å²) in [5.41, 5.74) is 0.771. The highest BCUT2D eigenvalue weighted by Gasteiger charge is 2.35. The van der Waals surface area contributed by atoms with Gasteiger partial charge in [-0.15, -0.1) is 0 Å². The molecule has 2 rings (SSSR count). The molecule has 1 aromatic carbocycles. The molecule has 0 saturated carbocycles. The predicted octanol–water partition coefficient (Wildman–Crippen LogP) is 1.63. The molecular weight excluding hydrogens is 236 g/mol. The Balaban J connectivity index is 2.27. The third-order valence-corrected chi connectivity index (χ3v) is 2.82. The summed E-state index contributed by atoms with van der Waals surface area (Å²) in [4.78, 5) is 20.8. The van der Waals surface area contributed by atoms with Crippen molar-refractivity contribution in [3.63, 3.8) is 0 Å². The summed E-state index contributed by atoms with van der Waals surface area (Å²) in [5.74, 6) is 0.900. The monoisotopic (exact) mass is 251 g/mol. The van der Waals surface area contributed by atoms with Gasteiger partial charge in [0.25, 0.3) is 0 Å². The number of ketones is 1. The summed E-state index contributed by atoms with van der Waals surface area (Å²) in [5, 5.41) is 0. The van der Waals surface area contributed by atoms with Crippen LogP contribution >= 0.6 is 0 Å². The molecule has 1 saturated heterocycles. The minimum absolute atomic E-state index is 0.0240. The van der Waals surface area contributed by atoms with E-state index in [1.807, 2.05) is 0 Å². The lowest BCUT2D eigenvalue weighted by molar-refractivity contribution is -0.122. The molecule has 1 N–H and O–H groups in total. The Morgan fingerprint density at radius 2 is 2.00 bits per heavy atom. The lowest BCUT2D eigenvalue weighted by Crippen LogP contribution is -2.24. The van der Waals surface area contributed by atoms with Gasteiger partial charge < -0.3 is 19.0 Å². The quantitative estimate of drug-likeness (QED) is 0.465. The normalized spacial score (nSPS) is 19.3. The first-order valence-corrected chi connectivity index (χ1v) is 5.59. The summed E-state index contributed by atoms with van der Waals surface area (Å²) in [6.07, 6.45) is -0.241. The second-order valence-electron chi connectivity index (χ2n) is 4.03. The summed E-state index contributed by atoms with van der Waals surface area (Å²) in [6, 6.07) is 5.28. The molecule has 1 atom stereocenters. The van der Waals surface area contributed by atoms with Crippen LogP contribution in [0.1, 0.15) is 24.5 Å². The molecule has 5 nitrogen and oxygen atoms in total. The van der Waals surface area contributed by atoms with E-state index in [4.69, 9.17) is 14.2 Å².